The van der Waals surface area contributed by atoms with Crippen molar-refractivity contribution in [1.82, 2.24) is 0 Å². The molecular weight excluding hydrogens is 349 g/mol. The van der Waals surface area contributed by atoms with E-state index >= 15 is 0 Å². The first-order valence-corrected chi connectivity index (χ1v) is 9.77. The molecule has 2 aromatic rings. The van der Waals surface area contributed by atoms with Gasteiger partial charge in [-0.15, -0.1) is 5.10 Å². The first kappa shape index (κ1) is 18.2. The Labute approximate surface area is 144 Å². The summed E-state index contributed by atoms with van der Waals surface area (Å²) in [5.74, 6) is -0.183. The summed E-state index contributed by atoms with van der Waals surface area (Å²) >= 11 is 1.30. The molecule has 2 rings (SSSR count). The van der Waals surface area contributed by atoms with Gasteiger partial charge < -0.3 is 5.73 Å². The van der Waals surface area contributed by atoms with Gasteiger partial charge in [0.2, 0.25) is 0 Å². The highest BCUT2D eigenvalue weighted by Crippen LogP contribution is 2.18. The van der Waals surface area contributed by atoms with E-state index < -0.39 is 20.5 Å². The fourth-order valence-electron chi connectivity index (χ4n) is 1.93. The molecule has 0 saturated heterocycles. The highest BCUT2D eigenvalue weighted by molar-refractivity contribution is 8.13. The molecule has 5 nitrogen and oxygen atoms in total. The van der Waals surface area contributed by atoms with Crippen molar-refractivity contribution in [3.63, 3.8) is 0 Å². The fraction of sp³-hybridized carbons (Fsp3) is 0.125. The summed E-state index contributed by atoms with van der Waals surface area (Å²) in [5, 5.41) is 7.78. The smallest absolute Gasteiger partial charge is 0.180 e. The number of sulfone groups is 1. The van der Waals surface area contributed by atoms with Gasteiger partial charge in [-0.3, -0.25) is 0 Å². The van der Waals surface area contributed by atoms with E-state index in [1.165, 1.54) is 30.1 Å². The van der Waals surface area contributed by atoms with E-state index in [1.807, 2.05) is 30.3 Å². The lowest BCUT2D eigenvalue weighted by Crippen LogP contribution is -2.07. The average molecular weight is 365 g/mol. The molecule has 0 spiro atoms. The average Bonchev–Trinajstić information content (AvgIpc) is 2.53. The molecule has 24 heavy (non-hydrogen) atoms. The molecule has 8 heteroatoms. The van der Waals surface area contributed by atoms with Crippen molar-refractivity contribution in [2.45, 2.75) is 10.6 Å². The Hall–Kier alpha value is -2.19. The molecular formula is C16H16FN3O2S2. The largest absolute Gasteiger partial charge is 0.377 e. The number of thioether (sulfide) groups is 1. The predicted octanol–water partition coefficient (Wildman–Crippen LogP) is 2.81. The van der Waals surface area contributed by atoms with E-state index in [2.05, 4.69) is 10.2 Å². The summed E-state index contributed by atoms with van der Waals surface area (Å²) < 4.78 is 37.1. The Bertz CT molecular complexity index is 866. The van der Waals surface area contributed by atoms with E-state index in [4.69, 9.17) is 5.73 Å². The Morgan fingerprint density at radius 2 is 1.92 bits per heavy atom. The maximum absolute atomic E-state index is 13.7. The highest BCUT2D eigenvalue weighted by atomic mass is 32.2. The van der Waals surface area contributed by atoms with Crippen LogP contribution in [0.1, 0.15) is 11.1 Å². The standard InChI is InChI=1S/C16H16FN3O2S2/c1-24(21,22)15-13(8-5-9-14(15)17)10-19-20-16(18)23-11-12-6-3-2-4-7-12/h2-10H,11H2,1H3,(H2,18,20). The number of nitrogens with zero attached hydrogens (tertiary/aromatic N) is 2. The number of amidine groups is 1. The van der Waals surface area contributed by atoms with E-state index in [0.29, 0.717) is 5.75 Å². The zero-order valence-corrected chi connectivity index (χ0v) is 14.5. The Balaban J connectivity index is 2.10. The van der Waals surface area contributed by atoms with Gasteiger partial charge in [0.25, 0.3) is 0 Å². The van der Waals surface area contributed by atoms with Gasteiger partial charge in [0, 0.05) is 17.6 Å². The van der Waals surface area contributed by atoms with Crippen molar-refractivity contribution in [2.24, 2.45) is 15.9 Å². The van der Waals surface area contributed by atoms with Gasteiger partial charge in [-0.25, -0.2) is 12.8 Å². The molecule has 0 unspecified atom stereocenters. The quantitative estimate of drug-likeness (QED) is 0.502. The Morgan fingerprint density at radius 3 is 2.58 bits per heavy atom. The van der Waals surface area contributed by atoms with Gasteiger partial charge in [0.15, 0.2) is 15.0 Å². The van der Waals surface area contributed by atoms with Crippen LogP contribution in [-0.4, -0.2) is 26.1 Å². The summed E-state index contributed by atoms with van der Waals surface area (Å²) in [6.45, 7) is 0. The van der Waals surface area contributed by atoms with Crippen molar-refractivity contribution < 1.29 is 12.8 Å². The van der Waals surface area contributed by atoms with E-state index in [0.717, 1.165) is 17.9 Å². The van der Waals surface area contributed by atoms with Crippen LogP contribution in [0.5, 0.6) is 0 Å². The third-order valence-corrected chi connectivity index (χ3v) is 4.98. The van der Waals surface area contributed by atoms with Gasteiger partial charge in [-0.05, 0) is 11.6 Å². The van der Waals surface area contributed by atoms with Crippen molar-refractivity contribution in [1.29, 1.82) is 0 Å². The molecule has 0 heterocycles. The molecule has 0 radical (unpaired) electrons. The second-order valence-corrected chi connectivity index (χ2v) is 7.84. The SMILES string of the molecule is CS(=O)(=O)c1c(F)cccc1C=NN=C(N)SCc1ccccc1. The van der Waals surface area contributed by atoms with Crippen LogP contribution >= 0.6 is 11.8 Å². The van der Waals surface area contributed by atoms with Crippen molar-refractivity contribution in [3.8, 4) is 0 Å². The zero-order chi connectivity index (χ0) is 17.6. The van der Waals surface area contributed by atoms with Crippen LogP contribution in [-0.2, 0) is 15.6 Å². The number of benzene rings is 2. The van der Waals surface area contributed by atoms with Crippen LogP contribution in [0.2, 0.25) is 0 Å². The Morgan fingerprint density at radius 1 is 1.21 bits per heavy atom. The van der Waals surface area contributed by atoms with Gasteiger partial charge in [0.05, 0.1) is 6.21 Å². The molecule has 0 atom stereocenters. The summed E-state index contributed by atoms with van der Waals surface area (Å²) in [6.07, 6.45) is 2.12. The monoisotopic (exact) mass is 365 g/mol. The maximum atomic E-state index is 13.7. The second kappa shape index (κ2) is 8.07. The number of hydrogen-bond donors (Lipinski definition) is 1. The van der Waals surface area contributed by atoms with Crippen molar-refractivity contribution >= 4 is 33.0 Å². The van der Waals surface area contributed by atoms with Crippen molar-refractivity contribution in [3.05, 3.63) is 65.5 Å². The number of nitrogens with two attached hydrogens (primary N) is 1. The van der Waals surface area contributed by atoms with E-state index in [-0.39, 0.29) is 10.7 Å². The summed E-state index contributed by atoms with van der Waals surface area (Å²) in [5.41, 5.74) is 6.97. The van der Waals surface area contributed by atoms with E-state index in [9.17, 15) is 12.8 Å². The number of rotatable bonds is 5. The minimum Gasteiger partial charge on any atom is -0.377 e. The normalized spacial score (nSPS) is 12.7. The third kappa shape index (κ3) is 5.17. The molecule has 0 bridgehead atoms. The molecule has 0 aliphatic rings. The first-order chi connectivity index (χ1) is 11.4. The lowest BCUT2D eigenvalue weighted by atomic mass is 10.2. The van der Waals surface area contributed by atoms with Crippen LogP contribution in [0.15, 0.2) is 63.6 Å². The summed E-state index contributed by atoms with van der Waals surface area (Å²) in [4.78, 5) is -0.403. The lowest BCUT2D eigenvalue weighted by molar-refractivity contribution is 0.570. The molecule has 0 amide bonds. The zero-order valence-electron chi connectivity index (χ0n) is 12.9. The van der Waals surface area contributed by atoms with Gasteiger partial charge in [-0.1, -0.05) is 54.2 Å². The molecule has 0 saturated carbocycles. The highest BCUT2D eigenvalue weighted by Gasteiger charge is 2.17. The van der Waals surface area contributed by atoms with Crippen LogP contribution in [0, 0.1) is 5.82 Å². The first-order valence-electron chi connectivity index (χ1n) is 6.89. The third-order valence-electron chi connectivity index (χ3n) is 2.95. The van der Waals surface area contributed by atoms with Crippen molar-refractivity contribution in [2.75, 3.05) is 6.26 Å². The maximum Gasteiger partial charge on any atom is 0.180 e. The summed E-state index contributed by atoms with van der Waals surface area (Å²) in [7, 11) is -3.71. The fourth-order valence-corrected chi connectivity index (χ4v) is 3.51. The minimum absolute atomic E-state index is 0.127. The topological polar surface area (TPSA) is 84.9 Å². The minimum atomic E-state index is -3.71. The molecule has 0 aromatic heterocycles. The molecule has 0 aliphatic heterocycles. The summed E-state index contributed by atoms with van der Waals surface area (Å²) in [6, 6.07) is 13.7. The molecule has 0 fully saturated rings. The Kier molecular flexibility index (Phi) is 6.10. The van der Waals surface area contributed by atoms with Gasteiger partial charge in [-0.2, -0.15) is 5.10 Å². The van der Waals surface area contributed by atoms with Gasteiger partial charge >= 0.3 is 0 Å². The molecule has 2 N–H and O–H groups in total. The molecule has 126 valence electrons. The van der Waals surface area contributed by atoms with E-state index in [1.54, 1.807) is 0 Å². The molecule has 0 aliphatic carbocycles. The van der Waals surface area contributed by atoms with Crippen LogP contribution in [0.4, 0.5) is 4.39 Å². The van der Waals surface area contributed by atoms with Crippen LogP contribution < -0.4 is 5.73 Å². The van der Waals surface area contributed by atoms with Crippen LogP contribution in [0.25, 0.3) is 0 Å². The molecule has 2 aromatic carbocycles. The lowest BCUT2D eigenvalue weighted by Gasteiger charge is -2.04. The predicted molar refractivity (Wildman–Crippen MR) is 96.5 cm³/mol. The number of hydrogen-bond acceptors (Lipinski definition) is 5. The second-order valence-electron chi connectivity index (χ2n) is 4.89. The number of halogens is 1. The van der Waals surface area contributed by atoms with Crippen LogP contribution in [0.3, 0.4) is 0 Å². The van der Waals surface area contributed by atoms with Gasteiger partial charge in [0.1, 0.15) is 10.7 Å².